The number of nitrogens with zero attached hydrogens (tertiary/aromatic N) is 4. The lowest BCUT2D eigenvalue weighted by Crippen LogP contribution is -2.23. The molecule has 0 aliphatic carbocycles. The highest BCUT2D eigenvalue weighted by molar-refractivity contribution is 5.32. The fraction of sp³-hybridized carbons (Fsp3) is 0.0909. The maximum atomic E-state index is 3.49. The zero-order valence-corrected chi connectivity index (χ0v) is 15.8. The summed E-state index contributed by atoms with van der Waals surface area (Å²) in [5, 5.41) is 6.44. The van der Waals surface area contributed by atoms with Crippen molar-refractivity contribution in [3.05, 3.63) is 93.3 Å². The third-order valence-electron chi connectivity index (χ3n) is 5.21. The molecule has 0 unspecified atom stereocenters. The van der Waals surface area contributed by atoms with Crippen molar-refractivity contribution < 1.29 is 0 Å². The van der Waals surface area contributed by atoms with Crippen LogP contribution in [0.15, 0.2) is 61.2 Å². The van der Waals surface area contributed by atoms with Crippen LogP contribution < -0.4 is 21.4 Å². The van der Waals surface area contributed by atoms with Crippen LogP contribution in [0.4, 0.5) is 0 Å². The molecule has 0 saturated carbocycles. The number of H-pyrrole nitrogens is 3. The SMILES string of the molecule is C1=CN2/C=c3/cc/c([nH]3)=c3\cc/c([nH]3)=C/N3C=CN(/C=c4/cc/c([nH]4)=C/N1C2)C3. The Morgan fingerprint density at radius 2 is 0.793 bits per heavy atom. The number of aromatic nitrogens is 3. The molecule has 0 saturated heterocycles. The summed E-state index contributed by atoms with van der Waals surface area (Å²) < 4.78 is 0. The smallest absolute Gasteiger partial charge is 0.0979 e. The minimum absolute atomic E-state index is 0.776. The first-order valence-corrected chi connectivity index (χ1v) is 9.63. The molecule has 0 fully saturated rings. The predicted molar refractivity (Wildman–Crippen MR) is 112 cm³/mol. The molecule has 0 amide bonds. The van der Waals surface area contributed by atoms with Gasteiger partial charge in [0.1, 0.15) is 0 Å². The zero-order valence-electron chi connectivity index (χ0n) is 15.8. The average Bonchev–Trinajstić information content (AvgIpc) is 3.50. The van der Waals surface area contributed by atoms with Crippen molar-refractivity contribution in [3.63, 3.8) is 0 Å². The molecule has 3 aliphatic heterocycles. The van der Waals surface area contributed by atoms with Crippen LogP contribution in [0.2, 0.25) is 0 Å². The topological polar surface area (TPSA) is 60.3 Å². The van der Waals surface area contributed by atoms with E-state index in [-0.39, 0.29) is 0 Å². The molecule has 6 rings (SSSR count). The molecule has 29 heavy (non-hydrogen) atoms. The molecule has 144 valence electrons. The molecular weight excluding hydrogens is 362 g/mol. The van der Waals surface area contributed by atoms with E-state index in [9.17, 15) is 0 Å². The summed E-state index contributed by atoms with van der Waals surface area (Å²) in [5.74, 6) is 0. The minimum atomic E-state index is 0.776. The first kappa shape index (κ1) is 16.0. The number of aromatic amines is 3. The van der Waals surface area contributed by atoms with E-state index in [0.717, 1.165) is 45.4 Å². The number of nitrogens with one attached hydrogen (secondary N) is 3. The third kappa shape index (κ3) is 3.12. The minimum Gasteiger partial charge on any atom is -0.353 e. The second kappa shape index (κ2) is 6.27. The van der Waals surface area contributed by atoms with Gasteiger partial charge in [-0.05, 0) is 36.4 Å². The van der Waals surface area contributed by atoms with Crippen LogP contribution in [0, 0.1) is 10.7 Å². The molecule has 0 radical (unpaired) electrons. The average molecular weight is 383 g/mol. The van der Waals surface area contributed by atoms with Gasteiger partial charge < -0.3 is 34.6 Å². The zero-order chi connectivity index (χ0) is 19.2. The maximum Gasteiger partial charge on any atom is 0.0979 e. The van der Waals surface area contributed by atoms with Crippen molar-refractivity contribution in [1.82, 2.24) is 34.6 Å². The van der Waals surface area contributed by atoms with E-state index >= 15 is 0 Å². The van der Waals surface area contributed by atoms with Crippen molar-refractivity contribution >= 4 is 24.8 Å². The lowest BCUT2D eigenvalue weighted by atomic mass is 10.5. The lowest BCUT2D eigenvalue weighted by molar-refractivity contribution is 0.436. The van der Waals surface area contributed by atoms with Gasteiger partial charge in [-0.1, -0.05) is 0 Å². The largest absolute Gasteiger partial charge is 0.353 e. The highest BCUT2D eigenvalue weighted by Gasteiger charge is 2.09. The van der Waals surface area contributed by atoms with Gasteiger partial charge in [-0.3, -0.25) is 0 Å². The Balaban J connectivity index is 1.50. The van der Waals surface area contributed by atoms with Crippen LogP contribution in [0.1, 0.15) is 0 Å². The molecule has 0 aromatic carbocycles. The molecule has 3 aliphatic rings. The Hall–Kier alpha value is -4.00. The Bertz CT molecular complexity index is 1340. The summed E-state index contributed by atoms with van der Waals surface area (Å²) in [6.07, 6.45) is 16.8. The quantitative estimate of drug-likeness (QED) is 0.500. The molecule has 10 bridgehead atoms. The van der Waals surface area contributed by atoms with Crippen molar-refractivity contribution in [2.75, 3.05) is 13.3 Å². The van der Waals surface area contributed by atoms with E-state index < -0.39 is 0 Å². The summed E-state index contributed by atoms with van der Waals surface area (Å²) in [7, 11) is 0. The molecule has 3 N–H and O–H groups in total. The van der Waals surface area contributed by atoms with Crippen LogP contribution in [-0.4, -0.2) is 47.9 Å². The molecule has 0 spiro atoms. The molecule has 6 heterocycles. The van der Waals surface area contributed by atoms with Gasteiger partial charge in [-0.15, -0.1) is 0 Å². The molecule has 0 atom stereocenters. The first-order valence-electron chi connectivity index (χ1n) is 9.63. The van der Waals surface area contributed by atoms with E-state index in [4.69, 9.17) is 0 Å². The van der Waals surface area contributed by atoms with E-state index in [0.29, 0.717) is 0 Å². The van der Waals surface area contributed by atoms with Crippen LogP contribution in [0.25, 0.3) is 24.8 Å². The van der Waals surface area contributed by atoms with Crippen molar-refractivity contribution in [2.24, 2.45) is 0 Å². The molecule has 7 heteroatoms. The fourth-order valence-electron chi connectivity index (χ4n) is 3.83. The highest BCUT2D eigenvalue weighted by Crippen LogP contribution is 2.08. The van der Waals surface area contributed by atoms with Gasteiger partial charge in [0.05, 0.1) is 45.4 Å². The Morgan fingerprint density at radius 1 is 0.448 bits per heavy atom. The van der Waals surface area contributed by atoms with Gasteiger partial charge in [-0.25, -0.2) is 0 Å². The lowest BCUT2D eigenvalue weighted by Gasteiger charge is -2.14. The van der Waals surface area contributed by atoms with Crippen molar-refractivity contribution in [3.8, 4) is 0 Å². The van der Waals surface area contributed by atoms with E-state index in [2.05, 4.69) is 121 Å². The van der Waals surface area contributed by atoms with E-state index in [1.54, 1.807) is 0 Å². The Labute approximate surface area is 166 Å². The Morgan fingerprint density at radius 3 is 1.21 bits per heavy atom. The molecule has 3 aromatic heterocycles. The van der Waals surface area contributed by atoms with Gasteiger partial charge in [0.25, 0.3) is 0 Å². The van der Waals surface area contributed by atoms with Gasteiger partial charge in [0, 0.05) is 49.6 Å². The molecule has 7 nitrogen and oxygen atoms in total. The predicted octanol–water partition coefficient (Wildman–Crippen LogP) is -0.284. The number of hydrogen-bond donors (Lipinski definition) is 3. The van der Waals surface area contributed by atoms with Gasteiger partial charge in [-0.2, -0.15) is 0 Å². The third-order valence-corrected chi connectivity index (χ3v) is 5.21. The number of hydrogen-bond acceptors (Lipinski definition) is 4. The number of rotatable bonds is 0. The van der Waals surface area contributed by atoms with Crippen LogP contribution in [0.5, 0.6) is 0 Å². The highest BCUT2D eigenvalue weighted by atomic mass is 15.3. The number of fused-ring (bicyclic) bond motifs is 10. The molecule has 3 aromatic rings. The normalized spacial score (nSPS) is 23.2. The van der Waals surface area contributed by atoms with Gasteiger partial charge in [0.15, 0.2) is 0 Å². The standard InChI is InChI=1S/C22H21N7/c1-2-18-12-27-8-10-29(16-27)14-20-4-6-22(25-20)21-5-3-19(24-21)13-28-9-7-26(15-28)11-17(1)23-18/h1-14,23-25H,15-16H2/b17-11-,18-12-,19-13-,20-14-,22-21-. The van der Waals surface area contributed by atoms with Crippen LogP contribution in [-0.2, 0) is 0 Å². The van der Waals surface area contributed by atoms with E-state index in [1.807, 2.05) is 0 Å². The van der Waals surface area contributed by atoms with Crippen LogP contribution in [0.3, 0.4) is 0 Å². The summed E-state index contributed by atoms with van der Waals surface area (Å²) in [6, 6.07) is 12.6. The van der Waals surface area contributed by atoms with Crippen LogP contribution >= 0.6 is 0 Å². The van der Waals surface area contributed by atoms with E-state index in [1.165, 1.54) is 0 Å². The first-order chi connectivity index (χ1) is 14.3. The second-order valence-electron chi connectivity index (χ2n) is 7.48. The van der Waals surface area contributed by atoms with Gasteiger partial charge >= 0.3 is 0 Å². The summed E-state index contributed by atoms with van der Waals surface area (Å²) in [5.41, 5.74) is 0. The molecular formula is C22H21N7. The maximum absolute atomic E-state index is 3.49. The summed E-state index contributed by atoms with van der Waals surface area (Å²) in [6.45, 7) is 1.55. The Kier molecular flexibility index (Phi) is 3.46. The summed E-state index contributed by atoms with van der Waals surface area (Å²) >= 11 is 0. The monoisotopic (exact) mass is 383 g/mol. The van der Waals surface area contributed by atoms with Crippen molar-refractivity contribution in [2.45, 2.75) is 0 Å². The van der Waals surface area contributed by atoms with Crippen molar-refractivity contribution in [1.29, 1.82) is 0 Å². The fourth-order valence-corrected chi connectivity index (χ4v) is 3.83. The second-order valence-corrected chi connectivity index (χ2v) is 7.48. The van der Waals surface area contributed by atoms with Gasteiger partial charge in [0.2, 0.25) is 0 Å². The summed E-state index contributed by atoms with van der Waals surface area (Å²) in [4.78, 5) is 19.1.